The van der Waals surface area contributed by atoms with Gasteiger partial charge in [-0.1, -0.05) is 25.1 Å². The van der Waals surface area contributed by atoms with E-state index in [2.05, 4.69) is 23.2 Å². The molecule has 0 atom stereocenters. The van der Waals surface area contributed by atoms with Crippen LogP contribution in [0.3, 0.4) is 0 Å². The molecule has 144 valence electrons. The number of amides is 1. The van der Waals surface area contributed by atoms with Gasteiger partial charge in [-0.2, -0.15) is 0 Å². The lowest BCUT2D eigenvalue weighted by Crippen LogP contribution is -2.37. The van der Waals surface area contributed by atoms with E-state index in [1.54, 1.807) is 14.2 Å². The molecule has 1 amide bonds. The van der Waals surface area contributed by atoms with Crippen LogP contribution in [0.2, 0.25) is 0 Å². The molecule has 1 aliphatic rings. The van der Waals surface area contributed by atoms with Gasteiger partial charge in [0, 0.05) is 18.8 Å². The Morgan fingerprint density at radius 2 is 1.85 bits per heavy atom. The molecule has 2 aromatic rings. The lowest BCUT2D eigenvalue weighted by Gasteiger charge is -2.29. The first-order valence-corrected chi connectivity index (χ1v) is 9.40. The van der Waals surface area contributed by atoms with Gasteiger partial charge in [-0.05, 0) is 54.2 Å². The second kappa shape index (κ2) is 8.44. The Hall–Kier alpha value is -2.53. The summed E-state index contributed by atoms with van der Waals surface area (Å²) in [5.74, 6) is 1.52. The van der Waals surface area contributed by atoms with Crippen LogP contribution in [-0.2, 0) is 24.2 Å². The number of hydrogen-bond donors (Lipinski definition) is 1. The Labute approximate surface area is 161 Å². The summed E-state index contributed by atoms with van der Waals surface area (Å²) in [5.41, 5.74) is 5.68. The van der Waals surface area contributed by atoms with E-state index in [0.717, 1.165) is 48.7 Å². The first-order valence-electron chi connectivity index (χ1n) is 9.40. The molecule has 0 unspecified atom stereocenters. The van der Waals surface area contributed by atoms with Crippen molar-refractivity contribution in [3.05, 3.63) is 52.6 Å². The van der Waals surface area contributed by atoms with Gasteiger partial charge in [0.2, 0.25) is 5.91 Å². The molecule has 1 aliphatic heterocycles. The van der Waals surface area contributed by atoms with Crippen molar-refractivity contribution >= 4 is 11.6 Å². The minimum absolute atomic E-state index is 0.0305. The van der Waals surface area contributed by atoms with E-state index in [0.29, 0.717) is 6.54 Å². The number of rotatable bonds is 6. The molecular weight excluding hydrogens is 340 g/mol. The number of methoxy groups -OCH3 is 2. The van der Waals surface area contributed by atoms with Crippen LogP contribution < -0.4 is 14.8 Å². The number of nitrogens with one attached hydrogen (secondary N) is 1. The van der Waals surface area contributed by atoms with Crippen LogP contribution in [0.4, 0.5) is 5.69 Å². The van der Waals surface area contributed by atoms with Crippen molar-refractivity contribution < 1.29 is 14.3 Å². The zero-order valence-electron chi connectivity index (χ0n) is 16.6. The highest BCUT2D eigenvalue weighted by atomic mass is 16.5. The standard InChI is InChI=1S/C22H28N2O3/c1-5-16-8-6-7-15(2)22(16)23-21(25)14-24-10-9-17-11-19(26-3)20(27-4)12-18(17)13-24/h6-8,11-12H,5,9-10,13-14H2,1-4H3,(H,23,25). The first kappa shape index (κ1) is 19.2. The van der Waals surface area contributed by atoms with Gasteiger partial charge in [-0.3, -0.25) is 9.69 Å². The summed E-state index contributed by atoms with van der Waals surface area (Å²) in [4.78, 5) is 14.8. The SMILES string of the molecule is CCc1cccc(C)c1NC(=O)CN1CCc2cc(OC)c(OC)cc2C1. The molecular formula is C22H28N2O3. The van der Waals surface area contributed by atoms with Crippen LogP contribution in [0.1, 0.15) is 29.2 Å². The highest BCUT2D eigenvalue weighted by molar-refractivity contribution is 5.93. The molecule has 0 radical (unpaired) electrons. The Bertz CT molecular complexity index is 833. The maximum absolute atomic E-state index is 12.6. The van der Waals surface area contributed by atoms with Crippen LogP contribution in [0.15, 0.2) is 30.3 Å². The topological polar surface area (TPSA) is 50.8 Å². The molecule has 5 heteroatoms. The Morgan fingerprint density at radius 1 is 1.15 bits per heavy atom. The predicted octanol–water partition coefficient (Wildman–Crippen LogP) is 3.57. The van der Waals surface area contributed by atoms with Gasteiger partial charge >= 0.3 is 0 Å². The van der Waals surface area contributed by atoms with Gasteiger partial charge in [0.05, 0.1) is 20.8 Å². The zero-order valence-corrected chi connectivity index (χ0v) is 16.6. The fourth-order valence-electron chi connectivity index (χ4n) is 3.66. The van der Waals surface area contributed by atoms with Crippen molar-refractivity contribution in [1.82, 2.24) is 4.90 Å². The molecule has 1 N–H and O–H groups in total. The fraction of sp³-hybridized carbons (Fsp3) is 0.409. The molecule has 0 fully saturated rings. The maximum Gasteiger partial charge on any atom is 0.238 e. The Balaban J connectivity index is 1.69. The monoisotopic (exact) mass is 368 g/mol. The van der Waals surface area contributed by atoms with E-state index in [1.165, 1.54) is 16.7 Å². The number of aryl methyl sites for hydroxylation is 2. The molecule has 0 aliphatic carbocycles. The number of carbonyl (C=O) groups excluding carboxylic acids is 1. The Morgan fingerprint density at radius 3 is 2.52 bits per heavy atom. The lowest BCUT2D eigenvalue weighted by molar-refractivity contribution is -0.117. The number of benzene rings is 2. The summed E-state index contributed by atoms with van der Waals surface area (Å²) >= 11 is 0. The normalized spacial score (nSPS) is 13.8. The zero-order chi connectivity index (χ0) is 19.4. The Kier molecular flexibility index (Phi) is 6.01. The summed E-state index contributed by atoms with van der Waals surface area (Å²) in [7, 11) is 3.30. The molecule has 1 heterocycles. The van der Waals surface area contributed by atoms with E-state index >= 15 is 0 Å². The van der Waals surface area contributed by atoms with Gasteiger partial charge in [-0.15, -0.1) is 0 Å². The molecule has 0 spiro atoms. The summed E-state index contributed by atoms with van der Waals surface area (Å²) in [6.45, 7) is 6.10. The quantitative estimate of drug-likeness (QED) is 0.847. The average Bonchev–Trinajstić information content (AvgIpc) is 2.68. The number of nitrogens with zero attached hydrogens (tertiary/aromatic N) is 1. The molecule has 3 rings (SSSR count). The summed E-state index contributed by atoms with van der Waals surface area (Å²) < 4.78 is 10.8. The highest BCUT2D eigenvalue weighted by Crippen LogP contribution is 2.33. The predicted molar refractivity (Wildman–Crippen MR) is 108 cm³/mol. The second-order valence-corrected chi connectivity index (χ2v) is 6.95. The number of anilines is 1. The van der Waals surface area contributed by atoms with E-state index in [-0.39, 0.29) is 5.91 Å². The summed E-state index contributed by atoms with van der Waals surface area (Å²) in [6, 6.07) is 10.2. The third kappa shape index (κ3) is 4.25. The largest absolute Gasteiger partial charge is 0.493 e. The van der Waals surface area contributed by atoms with Crippen molar-refractivity contribution in [2.45, 2.75) is 33.2 Å². The van der Waals surface area contributed by atoms with E-state index < -0.39 is 0 Å². The highest BCUT2D eigenvalue weighted by Gasteiger charge is 2.21. The number of fused-ring (bicyclic) bond motifs is 1. The van der Waals surface area contributed by atoms with Crippen molar-refractivity contribution in [2.24, 2.45) is 0 Å². The van der Waals surface area contributed by atoms with Gasteiger partial charge in [0.25, 0.3) is 0 Å². The third-order valence-electron chi connectivity index (χ3n) is 5.17. The van der Waals surface area contributed by atoms with Crippen LogP contribution >= 0.6 is 0 Å². The van der Waals surface area contributed by atoms with E-state index in [1.807, 2.05) is 31.2 Å². The number of carbonyl (C=O) groups is 1. The number of para-hydroxylation sites is 1. The molecule has 0 bridgehead atoms. The second-order valence-electron chi connectivity index (χ2n) is 6.95. The molecule has 2 aromatic carbocycles. The molecule has 27 heavy (non-hydrogen) atoms. The van der Waals surface area contributed by atoms with Gasteiger partial charge in [-0.25, -0.2) is 0 Å². The molecule has 0 saturated carbocycles. The van der Waals surface area contributed by atoms with Crippen molar-refractivity contribution in [1.29, 1.82) is 0 Å². The molecule has 0 saturated heterocycles. The average molecular weight is 368 g/mol. The minimum atomic E-state index is 0.0305. The number of hydrogen-bond acceptors (Lipinski definition) is 4. The van der Waals surface area contributed by atoms with Crippen molar-refractivity contribution in [2.75, 3.05) is 32.6 Å². The molecule has 5 nitrogen and oxygen atoms in total. The van der Waals surface area contributed by atoms with Gasteiger partial charge in [0.15, 0.2) is 11.5 Å². The summed E-state index contributed by atoms with van der Waals surface area (Å²) in [6.07, 6.45) is 1.80. The van der Waals surface area contributed by atoms with Crippen molar-refractivity contribution in [3.63, 3.8) is 0 Å². The summed E-state index contributed by atoms with van der Waals surface area (Å²) in [5, 5.41) is 3.12. The van der Waals surface area contributed by atoms with Crippen LogP contribution in [0.5, 0.6) is 11.5 Å². The fourth-order valence-corrected chi connectivity index (χ4v) is 3.66. The minimum Gasteiger partial charge on any atom is -0.493 e. The van der Waals surface area contributed by atoms with Gasteiger partial charge < -0.3 is 14.8 Å². The van der Waals surface area contributed by atoms with Gasteiger partial charge in [0.1, 0.15) is 0 Å². The van der Waals surface area contributed by atoms with Crippen molar-refractivity contribution in [3.8, 4) is 11.5 Å². The first-order chi connectivity index (χ1) is 13.0. The van der Waals surface area contributed by atoms with Crippen LogP contribution in [0, 0.1) is 6.92 Å². The molecule has 0 aromatic heterocycles. The maximum atomic E-state index is 12.6. The van der Waals surface area contributed by atoms with Crippen LogP contribution in [-0.4, -0.2) is 38.1 Å². The number of ether oxygens (including phenoxy) is 2. The lowest BCUT2D eigenvalue weighted by atomic mass is 9.98. The smallest absolute Gasteiger partial charge is 0.238 e. The van der Waals surface area contributed by atoms with E-state index in [9.17, 15) is 4.79 Å². The van der Waals surface area contributed by atoms with E-state index in [4.69, 9.17) is 9.47 Å². The third-order valence-corrected chi connectivity index (χ3v) is 5.17. The van der Waals surface area contributed by atoms with Crippen LogP contribution in [0.25, 0.3) is 0 Å².